The number of rotatable bonds is 3. The van der Waals surface area contributed by atoms with Crippen molar-refractivity contribution in [3.8, 4) is 11.6 Å². The summed E-state index contributed by atoms with van der Waals surface area (Å²) in [7, 11) is 0. The minimum atomic E-state index is 0.362. The Morgan fingerprint density at radius 2 is 1.95 bits per heavy atom. The Balaban J connectivity index is 2.08. The zero-order valence-electron chi connectivity index (χ0n) is 11.4. The van der Waals surface area contributed by atoms with Gasteiger partial charge in [0.15, 0.2) is 0 Å². The van der Waals surface area contributed by atoms with Gasteiger partial charge in [0.2, 0.25) is 5.88 Å². The number of hydrogen-bond donors (Lipinski definition) is 0. The molecule has 2 aromatic carbocycles. The van der Waals surface area contributed by atoms with Crippen molar-refractivity contribution >= 4 is 38.3 Å². The fourth-order valence-electron chi connectivity index (χ4n) is 2.16. The molecule has 106 valence electrons. The summed E-state index contributed by atoms with van der Waals surface area (Å²) in [6, 6.07) is 15.9. The van der Waals surface area contributed by atoms with Crippen molar-refractivity contribution in [1.29, 1.82) is 0 Å². The van der Waals surface area contributed by atoms with E-state index < -0.39 is 0 Å². The molecule has 0 bridgehead atoms. The maximum atomic E-state index is 5.98. The van der Waals surface area contributed by atoms with Crippen LogP contribution in [0.25, 0.3) is 10.8 Å². The maximum Gasteiger partial charge on any atom is 0.227 e. The Morgan fingerprint density at radius 3 is 2.71 bits per heavy atom. The van der Waals surface area contributed by atoms with Crippen LogP contribution < -0.4 is 4.74 Å². The highest BCUT2D eigenvalue weighted by Crippen LogP contribution is 2.31. The Kier molecular flexibility index (Phi) is 4.13. The fraction of sp³-hybridized carbons (Fsp3) is 0.118. The smallest absolute Gasteiger partial charge is 0.227 e. The lowest BCUT2D eigenvalue weighted by atomic mass is 10.1. The molecule has 0 amide bonds. The molecule has 0 unspecified atom stereocenters. The number of nitrogens with zero attached hydrogens (tertiary/aromatic N) is 1. The van der Waals surface area contributed by atoms with Gasteiger partial charge in [0, 0.05) is 9.86 Å². The highest BCUT2D eigenvalue weighted by molar-refractivity contribution is 9.10. The van der Waals surface area contributed by atoms with Crippen molar-refractivity contribution in [1.82, 2.24) is 4.98 Å². The molecule has 4 heteroatoms. The Hall–Kier alpha value is -1.58. The fourth-order valence-corrected chi connectivity index (χ4v) is 2.54. The van der Waals surface area contributed by atoms with E-state index in [1.54, 1.807) is 0 Å². The van der Waals surface area contributed by atoms with Crippen LogP contribution in [0.2, 0.25) is 0 Å². The second-order valence-electron chi connectivity index (χ2n) is 4.79. The standard InChI is InChI=1S/C17H13BrClNO/c1-11-8-14(6-7-16(11)18)21-17-15-5-3-2-4-12(15)9-13(10-19)20-17/h2-9H,10H2,1H3. The summed E-state index contributed by atoms with van der Waals surface area (Å²) in [5.41, 5.74) is 1.92. The van der Waals surface area contributed by atoms with Gasteiger partial charge >= 0.3 is 0 Å². The van der Waals surface area contributed by atoms with Gasteiger partial charge in [0.1, 0.15) is 5.75 Å². The van der Waals surface area contributed by atoms with E-state index in [1.807, 2.05) is 55.5 Å². The van der Waals surface area contributed by atoms with Gasteiger partial charge in [-0.1, -0.05) is 34.1 Å². The van der Waals surface area contributed by atoms with E-state index in [0.29, 0.717) is 11.8 Å². The number of ether oxygens (including phenoxy) is 1. The predicted octanol–water partition coefficient (Wildman–Crippen LogP) is 5.84. The van der Waals surface area contributed by atoms with Crippen LogP contribution in [0.1, 0.15) is 11.3 Å². The molecule has 2 nitrogen and oxygen atoms in total. The molecule has 1 aromatic heterocycles. The number of aryl methyl sites for hydroxylation is 1. The van der Waals surface area contributed by atoms with Crippen molar-refractivity contribution in [2.45, 2.75) is 12.8 Å². The SMILES string of the molecule is Cc1cc(Oc2nc(CCl)cc3ccccc23)ccc1Br. The van der Waals surface area contributed by atoms with Gasteiger partial charge in [-0.15, -0.1) is 11.6 Å². The summed E-state index contributed by atoms with van der Waals surface area (Å²) in [5.74, 6) is 1.71. The summed E-state index contributed by atoms with van der Waals surface area (Å²) in [4.78, 5) is 4.50. The van der Waals surface area contributed by atoms with Gasteiger partial charge in [0.25, 0.3) is 0 Å². The Bertz CT molecular complexity index is 804. The number of pyridine rings is 1. The van der Waals surface area contributed by atoms with Gasteiger partial charge in [-0.2, -0.15) is 0 Å². The molecule has 0 aliphatic heterocycles. The first-order valence-corrected chi connectivity index (χ1v) is 7.89. The number of halogens is 2. The first-order valence-electron chi connectivity index (χ1n) is 6.56. The summed E-state index contributed by atoms with van der Waals surface area (Å²) in [6.07, 6.45) is 0. The lowest BCUT2D eigenvalue weighted by molar-refractivity contribution is 0.467. The first kappa shape index (κ1) is 14.4. The predicted molar refractivity (Wildman–Crippen MR) is 90.3 cm³/mol. The molecule has 0 aliphatic carbocycles. The van der Waals surface area contributed by atoms with E-state index in [1.165, 1.54) is 0 Å². The quantitative estimate of drug-likeness (QED) is 0.546. The summed E-state index contributed by atoms with van der Waals surface area (Å²) < 4.78 is 7.04. The van der Waals surface area contributed by atoms with Crippen molar-refractivity contribution in [3.05, 3.63) is 64.3 Å². The molecule has 1 heterocycles. The molecule has 21 heavy (non-hydrogen) atoms. The Morgan fingerprint density at radius 1 is 1.14 bits per heavy atom. The first-order chi connectivity index (χ1) is 10.2. The molecule has 0 aliphatic rings. The number of alkyl halides is 1. The number of fused-ring (bicyclic) bond motifs is 1. The maximum absolute atomic E-state index is 5.98. The number of aromatic nitrogens is 1. The molecule has 0 atom stereocenters. The largest absolute Gasteiger partial charge is 0.438 e. The van der Waals surface area contributed by atoms with Gasteiger partial charge in [-0.25, -0.2) is 4.98 Å². The minimum Gasteiger partial charge on any atom is -0.438 e. The van der Waals surface area contributed by atoms with Crippen LogP contribution in [0.3, 0.4) is 0 Å². The van der Waals surface area contributed by atoms with Crippen LogP contribution >= 0.6 is 27.5 Å². The zero-order chi connectivity index (χ0) is 14.8. The monoisotopic (exact) mass is 361 g/mol. The molecule has 3 aromatic rings. The summed E-state index contributed by atoms with van der Waals surface area (Å²) in [5, 5.41) is 2.05. The van der Waals surface area contributed by atoms with Gasteiger partial charge in [-0.05, 0) is 48.2 Å². The lowest BCUT2D eigenvalue weighted by Crippen LogP contribution is -1.94. The third kappa shape index (κ3) is 3.04. The third-order valence-corrected chi connectivity index (χ3v) is 4.40. The average Bonchev–Trinajstić information content (AvgIpc) is 2.51. The van der Waals surface area contributed by atoms with Crippen molar-refractivity contribution in [3.63, 3.8) is 0 Å². The van der Waals surface area contributed by atoms with Crippen LogP contribution in [-0.2, 0) is 5.88 Å². The third-order valence-electron chi connectivity index (χ3n) is 3.24. The van der Waals surface area contributed by atoms with E-state index in [2.05, 4.69) is 20.9 Å². The van der Waals surface area contributed by atoms with Gasteiger partial charge in [-0.3, -0.25) is 0 Å². The Labute approximate surface area is 136 Å². The molecule has 0 N–H and O–H groups in total. The van der Waals surface area contributed by atoms with E-state index in [9.17, 15) is 0 Å². The highest BCUT2D eigenvalue weighted by atomic mass is 79.9. The van der Waals surface area contributed by atoms with E-state index in [0.717, 1.165) is 32.3 Å². The number of hydrogen-bond acceptors (Lipinski definition) is 2. The molecule has 0 fully saturated rings. The summed E-state index contributed by atoms with van der Waals surface area (Å²) >= 11 is 9.41. The van der Waals surface area contributed by atoms with E-state index >= 15 is 0 Å². The molecular formula is C17H13BrClNO. The lowest BCUT2D eigenvalue weighted by Gasteiger charge is -2.10. The average molecular weight is 363 g/mol. The zero-order valence-corrected chi connectivity index (χ0v) is 13.8. The van der Waals surface area contributed by atoms with Crippen LogP contribution in [0.4, 0.5) is 0 Å². The highest BCUT2D eigenvalue weighted by Gasteiger charge is 2.08. The molecule has 0 saturated carbocycles. The van der Waals surface area contributed by atoms with E-state index in [-0.39, 0.29) is 0 Å². The molecule has 0 spiro atoms. The van der Waals surface area contributed by atoms with Crippen LogP contribution in [-0.4, -0.2) is 4.98 Å². The van der Waals surface area contributed by atoms with E-state index in [4.69, 9.17) is 16.3 Å². The number of benzene rings is 2. The normalized spacial score (nSPS) is 10.8. The van der Waals surface area contributed by atoms with Crippen molar-refractivity contribution < 1.29 is 4.74 Å². The topological polar surface area (TPSA) is 22.1 Å². The minimum absolute atomic E-state index is 0.362. The van der Waals surface area contributed by atoms with Crippen LogP contribution in [0.5, 0.6) is 11.6 Å². The molecule has 3 rings (SSSR count). The van der Waals surface area contributed by atoms with Crippen LogP contribution in [0.15, 0.2) is 53.0 Å². The van der Waals surface area contributed by atoms with Crippen molar-refractivity contribution in [2.75, 3.05) is 0 Å². The van der Waals surface area contributed by atoms with Gasteiger partial charge < -0.3 is 4.74 Å². The van der Waals surface area contributed by atoms with Crippen LogP contribution in [0, 0.1) is 6.92 Å². The molecule has 0 radical (unpaired) electrons. The van der Waals surface area contributed by atoms with Crippen molar-refractivity contribution in [2.24, 2.45) is 0 Å². The molecular weight excluding hydrogens is 350 g/mol. The second kappa shape index (κ2) is 6.04. The molecule has 0 saturated heterocycles. The second-order valence-corrected chi connectivity index (χ2v) is 5.91. The summed E-state index contributed by atoms with van der Waals surface area (Å²) in [6.45, 7) is 2.03. The van der Waals surface area contributed by atoms with Gasteiger partial charge in [0.05, 0.1) is 11.6 Å².